The molecule has 15 heavy (non-hydrogen) atoms. The van der Waals surface area contributed by atoms with Gasteiger partial charge in [-0.25, -0.2) is 0 Å². The summed E-state index contributed by atoms with van der Waals surface area (Å²) in [6.45, 7) is 1.96. The van der Waals surface area contributed by atoms with Gasteiger partial charge in [0.25, 0.3) is 0 Å². The first-order chi connectivity index (χ1) is 7.34. The van der Waals surface area contributed by atoms with Gasteiger partial charge in [-0.15, -0.1) is 0 Å². The lowest BCUT2D eigenvalue weighted by Crippen LogP contribution is -2.14. The van der Waals surface area contributed by atoms with E-state index in [0.29, 0.717) is 0 Å². The van der Waals surface area contributed by atoms with Crippen LogP contribution < -0.4 is 5.32 Å². The number of alkyl halides is 1. The largest absolute Gasteiger partial charge is 0.313 e. The predicted octanol–water partition coefficient (Wildman–Crippen LogP) is 4.03. The van der Waals surface area contributed by atoms with Crippen LogP contribution in [0.1, 0.15) is 24.8 Å². The minimum Gasteiger partial charge on any atom is -0.313 e. The van der Waals surface area contributed by atoms with E-state index in [0.717, 1.165) is 18.1 Å². The third-order valence-electron chi connectivity index (χ3n) is 2.26. The monoisotopic (exact) mass is 337 g/mol. The summed E-state index contributed by atoms with van der Waals surface area (Å²) < 4.78 is 1.27. The molecule has 84 valence electrons. The highest BCUT2D eigenvalue weighted by Crippen LogP contribution is 2.14. The number of nitrogens with one attached hydrogen (secondary N) is 1. The molecule has 0 radical (unpaired) electrons. The number of rotatable bonds is 7. The zero-order chi connectivity index (χ0) is 10.9. The van der Waals surface area contributed by atoms with Gasteiger partial charge in [-0.05, 0) is 35.4 Å². The van der Waals surface area contributed by atoms with Crippen molar-refractivity contribution >= 4 is 34.2 Å². The molecule has 1 rings (SSSR count). The van der Waals surface area contributed by atoms with E-state index in [4.69, 9.17) is 11.6 Å². The highest BCUT2D eigenvalue weighted by Gasteiger charge is 1.97. The molecule has 0 aliphatic heterocycles. The lowest BCUT2D eigenvalue weighted by molar-refractivity contribution is 0.620. The lowest BCUT2D eigenvalue weighted by atomic mass is 10.2. The van der Waals surface area contributed by atoms with Gasteiger partial charge in [-0.3, -0.25) is 0 Å². The molecule has 0 aliphatic carbocycles. The molecule has 1 nitrogen and oxygen atoms in total. The summed E-state index contributed by atoms with van der Waals surface area (Å²) in [4.78, 5) is 0. The molecular formula is C12H17ClIN. The summed E-state index contributed by atoms with van der Waals surface area (Å²) in [7, 11) is 0. The fourth-order valence-electron chi connectivity index (χ4n) is 1.39. The maximum atomic E-state index is 6.05. The molecule has 0 aliphatic rings. The Hall–Kier alpha value is 0.200. The zero-order valence-electron chi connectivity index (χ0n) is 8.81. The van der Waals surface area contributed by atoms with Gasteiger partial charge in [0, 0.05) is 11.6 Å². The van der Waals surface area contributed by atoms with Gasteiger partial charge in [-0.2, -0.15) is 0 Å². The fourth-order valence-corrected chi connectivity index (χ4v) is 2.13. The average molecular weight is 338 g/mol. The Balaban J connectivity index is 2.12. The van der Waals surface area contributed by atoms with Crippen molar-refractivity contribution in [3.63, 3.8) is 0 Å². The number of hydrogen-bond donors (Lipinski definition) is 1. The van der Waals surface area contributed by atoms with Gasteiger partial charge < -0.3 is 5.32 Å². The number of benzene rings is 1. The van der Waals surface area contributed by atoms with Gasteiger partial charge in [0.05, 0.1) is 0 Å². The van der Waals surface area contributed by atoms with Crippen molar-refractivity contribution in [2.24, 2.45) is 0 Å². The third-order valence-corrected chi connectivity index (χ3v) is 3.39. The van der Waals surface area contributed by atoms with Gasteiger partial charge >= 0.3 is 0 Å². The Labute approximate surface area is 111 Å². The fraction of sp³-hybridized carbons (Fsp3) is 0.500. The Morgan fingerprint density at radius 2 is 1.93 bits per heavy atom. The summed E-state index contributed by atoms with van der Waals surface area (Å²) in [5, 5.41) is 4.27. The van der Waals surface area contributed by atoms with Crippen LogP contribution in [-0.2, 0) is 6.54 Å². The lowest BCUT2D eigenvalue weighted by Gasteiger charge is -2.05. The highest BCUT2D eigenvalue weighted by atomic mass is 127. The minimum absolute atomic E-state index is 0.859. The van der Waals surface area contributed by atoms with Crippen molar-refractivity contribution in [3.8, 4) is 0 Å². The molecule has 0 fully saturated rings. The van der Waals surface area contributed by atoms with E-state index in [-0.39, 0.29) is 0 Å². The van der Waals surface area contributed by atoms with Crippen molar-refractivity contribution in [1.29, 1.82) is 0 Å². The van der Waals surface area contributed by atoms with E-state index in [9.17, 15) is 0 Å². The number of halogens is 2. The summed E-state index contributed by atoms with van der Waals surface area (Å²) in [5.41, 5.74) is 1.19. The molecule has 1 aromatic rings. The molecule has 0 bridgehead atoms. The Kier molecular flexibility index (Phi) is 7.40. The van der Waals surface area contributed by atoms with Crippen LogP contribution in [0, 0.1) is 0 Å². The number of hydrogen-bond acceptors (Lipinski definition) is 1. The van der Waals surface area contributed by atoms with Crippen molar-refractivity contribution in [1.82, 2.24) is 5.32 Å². The quantitative estimate of drug-likeness (QED) is 0.450. The first-order valence-electron chi connectivity index (χ1n) is 5.34. The van der Waals surface area contributed by atoms with Crippen LogP contribution in [0.15, 0.2) is 24.3 Å². The van der Waals surface area contributed by atoms with Crippen LogP contribution in [0.5, 0.6) is 0 Å². The van der Waals surface area contributed by atoms with Crippen LogP contribution in [-0.4, -0.2) is 11.0 Å². The summed E-state index contributed by atoms with van der Waals surface area (Å²) in [5.74, 6) is 0. The SMILES string of the molecule is Clc1ccccc1CNCCCCCI. The average Bonchev–Trinajstić information content (AvgIpc) is 2.25. The van der Waals surface area contributed by atoms with E-state index >= 15 is 0 Å². The van der Waals surface area contributed by atoms with Crippen LogP contribution in [0.3, 0.4) is 0 Å². The van der Waals surface area contributed by atoms with Crippen LogP contribution >= 0.6 is 34.2 Å². The standard InChI is InChI=1S/C12H17ClIN/c13-12-7-3-2-6-11(12)10-15-9-5-1-4-8-14/h2-3,6-7,15H,1,4-5,8-10H2. The molecule has 0 heterocycles. The Morgan fingerprint density at radius 3 is 2.67 bits per heavy atom. The van der Waals surface area contributed by atoms with Crippen molar-refractivity contribution in [3.05, 3.63) is 34.9 Å². The van der Waals surface area contributed by atoms with Crippen LogP contribution in [0.25, 0.3) is 0 Å². The normalized spacial score (nSPS) is 10.5. The van der Waals surface area contributed by atoms with Crippen LogP contribution in [0.4, 0.5) is 0 Å². The molecule has 0 saturated carbocycles. The van der Waals surface area contributed by atoms with Gasteiger partial charge in [0.1, 0.15) is 0 Å². The van der Waals surface area contributed by atoms with Crippen molar-refractivity contribution in [2.45, 2.75) is 25.8 Å². The topological polar surface area (TPSA) is 12.0 Å². The molecule has 0 spiro atoms. The molecule has 0 saturated heterocycles. The molecule has 0 atom stereocenters. The molecule has 0 amide bonds. The third kappa shape index (κ3) is 5.73. The van der Waals surface area contributed by atoms with E-state index < -0.39 is 0 Å². The first-order valence-corrected chi connectivity index (χ1v) is 7.25. The molecule has 3 heteroatoms. The molecule has 1 aromatic carbocycles. The predicted molar refractivity (Wildman–Crippen MR) is 75.9 cm³/mol. The molecule has 1 N–H and O–H groups in total. The second-order valence-electron chi connectivity index (χ2n) is 3.52. The highest BCUT2D eigenvalue weighted by molar-refractivity contribution is 14.1. The van der Waals surface area contributed by atoms with Gasteiger partial charge in [-0.1, -0.05) is 58.8 Å². The molecule has 0 unspecified atom stereocenters. The maximum Gasteiger partial charge on any atom is 0.0450 e. The first kappa shape index (κ1) is 13.3. The zero-order valence-corrected chi connectivity index (χ0v) is 11.7. The van der Waals surface area contributed by atoms with E-state index in [1.807, 2.05) is 18.2 Å². The van der Waals surface area contributed by atoms with E-state index in [1.165, 1.54) is 29.3 Å². The van der Waals surface area contributed by atoms with Crippen LogP contribution in [0.2, 0.25) is 5.02 Å². The second-order valence-corrected chi connectivity index (χ2v) is 5.00. The second kappa shape index (κ2) is 8.36. The molecular weight excluding hydrogens is 320 g/mol. The summed E-state index contributed by atoms with van der Waals surface area (Å²) in [6, 6.07) is 8.00. The van der Waals surface area contributed by atoms with Crippen molar-refractivity contribution < 1.29 is 0 Å². The smallest absolute Gasteiger partial charge is 0.0450 e. The van der Waals surface area contributed by atoms with Gasteiger partial charge in [0.2, 0.25) is 0 Å². The number of unbranched alkanes of at least 4 members (excludes halogenated alkanes) is 2. The minimum atomic E-state index is 0.859. The Morgan fingerprint density at radius 1 is 1.13 bits per heavy atom. The van der Waals surface area contributed by atoms with E-state index in [1.54, 1.807) is 0 Å². The van der Waals surface area contributed by atoms with E-state index in [2.05, 4.69) is 34.0 Å². The summed E-state index contributed by atoms with van der Waals surface area (Å²) >= 11 is 8.47. The summed E-state index contributed by atoms with van der Waals surface area (Å²) in [6.07, 6.45) is 3.90. The van der Waals surface area contributed by atoms with Gasteiger partial charge in [0.15, 0.2) is 0 Å². The Bertz CT molecular complexity index is 278. The van der Waals surface area contributed by atoms with Crippen molar-refractivity contribution in [2.75, 3.05) is 11.0 Å². The molecule has 0 aromatic heterocycles. The maximum absolute atomic E-state index is 6.05.